The highest BCUT2D eigenvalue weighted by Gasteiger charge is 2.14. The maximum Gasteiger partial charge on any atom is 0.128 e. The lowest BCUT2D eigenvalue weighted by Gasteiger charge is -2.25. The highest BCUT2D eigenvalue weighted by Crippen LogP contribution is 2.22. The van der Waals surface area contributed by atoms with E-state index in [0.717, 1.165) is 11.4 Å². The summed E-state index contributed by atoms with van der Waals surface area (Å²) in [5, 5.41) is 12.9. The Morgan fingerprint density at radius 3 is 2.67 bits per heavy atom. The average molecular weight is 241 g/mol. The van der Waals surface area contributed by atoms with E-state index < -0.39 is 0 Å². The molecule has 0 N–H and O–H groups in total. The van der Waals surface area contributed by atoms with Crippen molar-refractivity contribution in [2.24, 2.45) is 7.05 Å². The fourth-order valence-corrected chi connectivity index (χ4v) is 1.74. The monoisotopic (exact) mass is 241 g/mol. The Morgan fingerprint density at radius 1 is 1.39 bits per heavy atom. The van der Waals surface area contributed by atoms with E-state index in [4.69, 9.17) is 5.26 Å². The van der Waals surface area contributed by atoms with Gasteiger partial charge in [-0.2, -0.15) is 10.4 Å². The zero-order chi connectivity index (χ0) is 13.1. The fraction of sp³-hybridized carbons (Fsp3) is 0.308. The molecule has 92 valence electrons. The molecule has 0 amide bonds. The van der Waals surface area contributed by atoms with Crippen LogP contribution in [0.15, 0.2) is 30.7 Å². The van der Waals surface area contributed by atoms with E-state index in [2.05, 4.69) is 28.0 Å². The second kappa shape index (κ2) is 4.88. The van der Waals surface area contributed by atoms with Gasteiger partial charge in [-0.05, 0) is 19.1 Å². The summed E-state index contributed by atoms with van der Waals surface area (Å²) in [6.07, 6.45) is 5.43. The summed E-state index contributed by atoms with van der Waals surface area (Å²) in [6.45, 7) is 2.09. The Labute approximate surface area is 106 Å². The lowest BCUT2D eigenvalue weighted by molar-refractivity contribution is 0.724. The van der Waals surface area contributed by atoms with Crippen molar-refractivity contribution in [3.05, 3.63) is 41.9 Å². The van der Waals surface area contributed by atoms with Gasteiger partial charge in [0.1, 0.15) is 11.9 Å². The van der Waals surface area contributed by atoms with Crippen molar-refractivity contribution in [1.82, 2.24) is 14.8 Å². The Bertz CT molecular complexity index is 564. The van der Waals surface area contributed by atoms with Crippen molar-refractivity contribution in [3.8, 4) is 6.07 Å². The first-order chi connectivity index (χ1) is 8.61. The molecule has 2 rings (SSSR count). The van der Waals surface area contributed by atoms with Crippen LogP contribution in [-0.2, 0) is 7.05 Å². The number of nitriles is 1. The van der Waals surface area contributed by atoms with Gasteiger partial charge in [0.2, 0.25) is 0 Å². The maximum absolute atomic E-state index is 8.74. The van der Waals surface area contributed by atoms with Crippen molar-refractivity contribution >= 4 is 5.82 Å². The van der Waals surface area contributed by atoms with Crippen molar-refractivity contribution < 1.29 is 0 Å². The van der Waals surface area contributed by atoms with E-state index in [0.29, 0.717) is 5.56 Å². The molecule has 0 aliphatic carbocycles. The summed E-state index contributed by atoms with van der Waals surface area (Å²) < 4.78 is 1.78. The van der Waals surface area contributed by atoms with Gasteiger partial charge >= 0.3 is 0 Å². The summed E-state index contributed by atoms with van der Waals surface area (Å²) >= 11 is 0. The van der Waals surface area contributed by atoms with Gasteiger partial charge in [-0.3, -0.25) is 4.68 Å². The van der Waals surface area contributed by atoms with Gasteiger partial charge in [0.25, 0.3) is 0 Å². The van der Waals surface area contributed by atoms with Gasteiger partial charge < -0.3 is 4.90 Å². The molecule has 1 unspecified atom stereocenters. The van der Waals surface area contributed by atoms with Gasteiger partial charge in [-0.1, -0.05) is 0 Å². The van der Waals surface area contributed by atoms with Crippen LogP contribution in [0.1, 0.15) is 24.1 Å². The second-order valence-corrected chi connectivity index (χ2v) is 4.25. The van der Waals surface area contributed by atoms with Crippen LogP contribution >= 0.6 is 0 Å². The van der Waals surface area contributed by atoms with E-state index >= 15 is 0 Å². The Hall–Kier alpha value is -2.35. The van der Waals surface area contributed by atoms with Crippen LogP contribution < -0.4 is 4.90 Å². The first kappa shape index (κ1) is 12.1. The van der Waals surface area contributed by atoms with Crippen LogP contribution in [0, 0.1) is 11.3 Å². The molecule has 0 aromatic carbocycles. The van der Waals surface area contributed by atoms with E-state index in [-0.39, 0.29) is 6.04 Å². The minimum absolute atomic E-state index is 0.180. The SMILES string of the molecule is CC(c1cnn(C)c1)N(C)c1ccc(C#N)cn1. The maximum atomic E-state index is 8.74. The first-order valence-corrected chi connectivity index (χ1v) is 5.69. The van der Waals surface area contributed by atoms with Gasteiger partial charge in [0, 0.05) is 32.1 Å². The number of rotatable bonds is 3. The number of aromatic nitrogens is 3. The molecule has 0 radical (unpaired) electrons. The summed E-state index contributed by atoms with van der Waals surface area (Å²) in [6, 6.07) is 5.87. The van der Waals surface area contributed by atoms with Crippen LogP contribution in [0.4, 0.5) is 5.82 Å². The number of pyridine rings is 1. The topological polar surface area (TPSA) is 57.7 Å². The molecular formula is C13H15N5. The average Bonchev–Trinajstić information content (AvgIpc) is 2.84. The standard InChI is InChI=1S/C13H15N5/c1-10(12-8-16-17(2)9-12)18(3)13-5-4-11(6-14)7-15-13/h4-5,7-10H,1-3H3. The summed E-state index contributed by atoms with van der Waals surface area (Å²) in [7, 11) is 3.88. The summed E-state index contributed by atoms with van der Waals surface area (Å²) in [5.74, 6) is 0.838. The van der Waals surface area contributed by atoms with Crippen LogP contribution in [0.3, 0.4) is 0 Å². The molecule has 0 aliphatic rings. The van der Waals surface area contributed by atoms with Crippen molar-refractivity contribution in [2.75, 3.05) is 11.9 Å². The molecule has 1 atom stereocenters. The third kappa shape index (κ3) is 2.33. The van der Waals surface area contributed by atoms with E-state index in [9.17, 15) is 0 Å². The third-order valence-corrected chi connectivity index (χ3v) is 3.03. The van der Waals surface area contributed by atoms with Crippen LogP contribution in [-0.4, -0.2) is 21.8 Å². The van der Waals surface area contributed by atoms with Crippen molar-refractivity contribution in [3.63, 3.8) is 0 Å². The molecule has 0 bridgehead atoms. The van der Waals surface area contributed by atoms with Crippen molar-refractivity contribution in [2.45, 2.75) is 13.0 Å². The molecule has 2 heterocycles. The third-order valence-electron chi connectivity index (χ3n) is 3.03. The van der Waals surface area contributed by atoms with Crippen LogP contribution in [0.2, 0.25) is 0 Å². The number of anilines is 1. The predicted octanol–water partition coefficient (Wildman–Crippen LogP) is 1.88. The zero-order valence-electron chi connectivity index (χ0n) is 10.7. The molecule has 18 heavy (non-hydrogen) atoms. The molecule has 0 saturated heterocycles. The Morgan fingerprint density at radius 2 is 2.17 bits per heavy atom. The molecule has 0 saturated carbocycles. The van der Waals surface area contributed by atoms with Gasteiger partial charge in [0.15, 0.2) is 0 Å². The van der Waals surface area contributed by atoms with Crippen molar-refractivity contribution in [1.29, 1.82) is 5.26 Å². The minimum Gasteiger partial charge on any atom is -0.353 e. The second-order valence-electron chi connectivity index (χ2n) is 4.25. The lowest BCUT2D eigenvalue weighted by Crippen LogP contribution is -2.22. The van der Waals surface area contributed by atoms with Crippen LogP contribution in [0.25, 0.3) is 0 Å². The number of nitrogens with zero attached hydrogens (tertiary/aromatic N) is 5. The fourth-order valence-electron chi connectivity index (χ4n) is 1.74. The molecule has 0 spiro atoms. The number of hydrogen-bond donors (Lipinski definition) is 0. The molecule has 5 heteroatoms. The lowest BCUT2D eigenvalue weighted by atomic mass is 10.1. The van der Waals surface area contributed by atoms with Crippen LogP contribution in [0.5, 0.6) is 0 Å². The Kier molecular flexibility index (Phi) is 3.28. The normalized spacial score (nSPS) is 11.9. The molecule has 0 fully saturated rings. The molecular weight excluding hydrogens is 226 g/mol. The first-order valence-electron chi connectivity index (χ1n) is 5.69. The van der Waals surface area contributed by atoms with E-state index in [1.165, 1.54) is 0 Å². The predicted molar refractivity (Wildman–Crippen MR) is 69.0 cm³/mol. The van der Waals surface area contributed by atoms with Gasteiger partial charge in [-0.15, -0.1) is 0 Å². The summed E-state index contributed by atoms with van der Waals surface area (Å²) in [4.78, 5) is 6.33. The Balaban J connectivity index is 2.20. The van der Waals surface area contributed by atoms with Gasteiger partial charge in [-0.25, -0.2) is 4.98 Å². The molecule has 5 nitrogen and oxygen atoms in total. The highest BCUT2D eigenvalue weighted by molar-refractivity contribution is 5.43. The van der Waals surface area contributed by atoms with E-state index in [1.54, 1.807) is 16.9 Å². The highest BCUT2D eigenvalue weighted by atomic mass is 15.3. The molecule has 2 aromatic heterocycles. The summed E-state index contributed by atoms with van der Waals surface area (Å²) in [5.41, 5.74) is 1.70. The number of hydrogen-bond acceptors (Lipinski definition) is 4. The smallest absolute Gasteiger partial charge is 0.128 e. The van der Waals surface area contributed by atoms with Gasteiger partial charge in [0.05, 0.1) is 17.8 Å². The molecule has 2 aromatic rings. The largest absolute Gasteiger partial charge is 0.353 e. The van der Waals surface area contributed by atoms with E-state index in [1.807, 2.05) is 32.6 Å². The zero-order valence-corrected chi connectivity index (χ0v) is 10.7. The molecule has 0 aliphatic heterocycles. The quantitative estimate of drug-likeness (QED) is 0.823. The number of aryl methyl sites for hydroxylation is 1. The minimum atomic E-state index is 0.180.